The Hall–Kier alpha value is -0.910. The van der Waals surface area contributed by atoms with Crippen molar-refractivity contribution < 1.29 is 19.1 Å². The molecule has 0 unspecified atom stereocenters. The van der Waals surface area contributed by atoms with E-state index >= 15 is 0 Å². The van der Waals surface area contributed by atoms with Gasteiger partial charge in [0.2, 0.25) is 3.79 Å². The average Bonchev–Trinajstić information content (AvgIpc) is 2.76. The van der Waals surface area contributed by atoms with Crippen molar-refractivity contribution in [1.29, 1.82) is 0 Å². The summed E-state index contributed by atoms with van der Waals surface area (Å²) in [6, 6.07) is -0.471. The van der Waals surface area contributed by atoms with Gasteiger partial charge in [0.1, 0.15) is 6.61 Å². The fraction of sp³-hybridized carbons (Fsp3) is 0.667. The molecule has 1 amide bonds. The maximum Gasteiger partial charge on any atom is 0.414 e. The molecule has 0 aromatic rings. The summed E-state index contributed by atoms with van der Waals surface area (Å²) in [5.74, 6) is -0.369. The van der Waals surface area contributed by atoms with E-state index in [1.54, 1.807) is 13.8 Å². The number of carbonyl (C=O) groups excluding carboxylic acids is 2. The molecule has 0 radical (unpaired) electrons. The molecular weight excluding hydrogens is 401 g/mol. The Labute approximate surface area is 169 Å². The van der Waals surface area contributed by atoms with Crippen LogP contribution in [0, 0.1) is 0 Å². The van der Waals surface area contributed by atoms with Crippen LogP contribution in [-0.2, 0) is 14.3 Å². The number of rotatable bonds is 4. The van der Waals surface area contributed by atoms with Crippen LogP contribution in [0.2, 0.25) is 0 Å². The van der Waals surface area contributed by atoms with Crippen LogP contribution in [0.4, 0.5) is 4.79 Å². The van der Waals surface area contributed by atoms with Gasteiger partial charge in [-0.1, -0.05) is 53.4 Å². The molecule has 1 aliphatic heterocycles. The maximum atomic E-state index is 12.7. The summed E-state index contributed by atoms with van der Waals surface area (Å²) in [6.45, 7) is 3.21. The minimum absolute atomic E-state index is 0.0499. The summed E-state index contributed by atoms with van der Waals surface area (Å²) in [7, 11) is 0. The molecule has 2 aliphatic rings. The molecule has 26 heavy (non-hydrogen) atoms. The van der Waals surface area contributed by atoms with Gasteiger partial charge in [0.15, 0.2) is 0 Å². The zero-order valence-corrected chi connectivity index (χ0v) is 17.2. The fourth-order valence-electron chi connectivity index (χ4n) is 3.16. The monoisotopic (exact) mass is 423 g/mol. The van der Waals surface area contributed by atoms with Crippen molar-refractivity contribution in [3.8, 4) is 0 Å². The van der Waals surface area contributed by atoms with Gasteiger partial charge in [0, 0.05) is 5.70 Å². The average molecular weight is 425 g/mol. The number of halogens is 3. The van der Waals surface area contributed by atoms with Crippen LogP contribution >= 0.6 is 34.8 Å². The van der Waals surface area contributed by atoms with Gasteiger partial charge >= 0.3 is 12.1 Å². The molecule has 0 spiro atoms. The summed E-state index contributed by atoms with van der Waals surface area (Å²) in [4.78, 5) is 26.4. The van der Waals surface area contributed by atoms with Gasteiger partial charge in [0.05, 0.1) is 18.6 Å². The van der Waals surface area contributed by atoms with Crippen LogP contribution < -0.4 is 0 Å². The molecule has 1 aliphatic carbocycles. The van der Waals surface area contributed by atoms with E-state index in [0.29, 0.717) is 0 Å². The van der Waals surface area contributed by atoms with E-state index in [1.807, 2.05) is 12.2 Å². The third kappa shape index (κ3) is 6.36. The highest BCUT2D eigenvalue weighted by molar-refractivity contribution is 6.67. The summed E-state index contributed by atoms with van der Waals surface area (Å²) >= 11 is 17.1. The van der Waals surface area contributed by atoms with Crippen molar-refractivity contribution in [1.82, 2.24) is 4.90 Å². The number of hydrogen-bond donors (Lipinski definition) is 0. The lowest BCUT2D eigenvalue weighted by atomic mass is 9.98. The lowest BCUT2D eigenvalue weighted by Gasteiger charge is -2.35. The van der Waals surface area contributed by atoms with Crippen molar-refractivity contribution in [2.45, 2.75) is 68.3 Å². The van der Waals surface area contributed by atoms with Gasteiger partial charge in [-0.05, 0) is 45.1 Å². The van der Waals surface area contributed by atoms with E-state index in [9.17, 15) is 9.59 Å². The third-order valence-corrected chi connectivity index (χ3v) is 4.50. The van der Waals surface area contributed by atoms with Gasteiger partial charge in [0.25, 0.3) is 0 Å². The summed E-state index contributed by atoms with van der Waals surface area (Å²) in [6.07, 6.45) is 7.86. The summed E-state index contributed by atoms with van der Waals surface area (Å²) in [5, 5.41) is 0. The van der Waals surface area contributed by atoms with Crippen LogP contribution in [0.1, 0.15) is 52.4 Å². The summed E-state index contributed by atoms with van der Waals surface area (Å²) in [5.41, 5.74) is 1.99. The Kier molecular flexibility index (Phi) is 7.68. The number of nitrogens with zero attached hydrogens (tertiary/aromatic N) is 1. The normalized spacial score (nSPS) is 20.7. The van der Waals surface area contributed by atoms with E-state index in [-0.39, 0.29) is 25.1 Å². The van der Waals surface area contributed by atoms with E-state index < -0.39 is 15.9 Å². The SMILES string of the molecule is CC(C)OC(=O)C[C@@H]1C=CC2=C(CCCCC2)N1C(=O)OCC(Cl)(Cl)Cl. The number of hydrogen-bond acceptors (Lipinski definition) is 4. The first-order valence-electron chi connectivity index (χ1n) is 8.80. The van der Waals surface area contributed by atoms with Gasteiger partial charge in [-0.2, -0.15) is 0 Å². The molecule has 0 N–H and O–H groups in total. The van der Waals surface area contributed by atoms with Crippen molar-refractivity contribution in [2.75, 3.05) is 6.61 Å². The number of ether oxygens (including phenoxy) is 2. The number of allylic oxidation sites excluding steroid dienone is 3. The largest absolute Gasteiger partial charge is 0.463 e. The topological polar surface area (TPSA) is 55.8 Å². The van der Waals surface area contributed by atoms with E-state index in [2.05, 4.69) is 0 Å². The Morgan fingerprint density at radius 2 is 1.92 bits per heavy atom. The molecule has 5 nitrogen and oxygen atoms in total. The standard InChI is InChI=1S/C18H24Cl3NO4/c1-12(2)26-16(23)10-14-9-8-13-6-4-3-5-7-15(13)22(14)17(24)25-11-18(19,20)21/h8-9,12,14H,3-7,10-11H2,1-2H3/t14-/m0/s1. The van der Waals surface area contributed by atoms with Gasteiger partial charge in [-0.3, -0.25) is 9.69 Å². The minimum Gasteiger partial charge on any atom is -0.463 e. The molecule has 146 valence electrons. The molecular formula is C18H24Cl3NO4. The van der Waals surface area contributed by atoms with Gasteiger partial charge in [-0.25, -0.2) is 4.79 Å². The van der Waals surface area contributed by atoms with Gasteiger partial charge in [-0.15, -0.1) is 0 Å². The second-order valence-corrected chi connectivity index (χ2v) is 9.26. The first-order valence-corrected chi connectivity index (χ1v) is 9.93. The molecule has 0 saturated carbocycles. The minimum atomic E-state index is -1.69. The molecule has 0 aromatic carbocycles. The van der Waals surface area contributed by atoms with Crippen molar-refractivity contribution in [2.24, 2.45) is 0 Å². The molecule has 8 heteroatoms. The van der Waals surface area contributed by atoms with Crippen molar-refractivity contribution >= 4 is 46.9 Å². The first-order chi connectivity index (χ1) is 12.2. The third-order valence-electron chi connectivity index (χ3n) is 4.17. The van der Waals surface area contributed by atoms with Crippen molar-refractivity contribution in [3.63, 3.8) is 0 Å². The van der Waals surface area contributed by atoms with Crippen LogP contribution in [-0.4, -0.2) is 39.5 Å². The second-order valence-electron chi connectivity index (χ2n) is 6.74. The van der Waals surface area contributed by atoms with Crippen molar-refractivity contribution in [3.05, 3.63) is 23.4 Å². The Morgan fingerprint density at radius 1 is 1.23 bits per heavy atom. The second kappa shape index (κ2) is 9.34. The molecule has 1 atom stereocenters. The Balaban J connectivity index is 2.20. The Morgan fingerprint density at radius 3 is 2.58 bits per heavy atom. The highest BCUT2D eigenvalue weighted by Gasteiger charge is 2.34. The van der Waals surface area contributed by atoms with E-state index in [4.69, 9.17) is 44.3 Å². The van der Waals surface area contributed by atoms with Crippen LogP contribution in [0.5, 0.6) is 0 Å². The van der Waals surface area contributed by atoms with E-state index in [0.717, 1.165) is 43.4 Å². The molecule has 0 bridgehead atoms. The zero-order valence-electron chi connectivity index (χ0n) is 15.0. The zero-order chi connectivity index (χ0) is 19.3. The number of carbonyl (C=O) groups is 2. The lowest BCUT2D eigenvalue weighted by Crippen LogP contribution is -2.43. The smallest absolute Gasteiger partial charge is 0.414 e. The van der Waals surface area contributed by atoms with E-state index in [1.165, 1.54) is 4.90 Å². The number of alkyl halides is 3. The Bertz CT molecular complexity index is 596. The molecule has 0 fully saturated rings. The number of esters is 1. The fourth-order valence-corrected chi connectivity index (χ4v) is 3.32. The molecule has 2 rings (SSSR count). The molecule has 0 aromatic heterocycles. The quantitative estimate of drug-likeness (QED) is 0.454. The van der Waals surface area contributed by atoms with Crippen LogP contribution in [0.3, 0.4) is 0 Å². The highest BCUT2D eigenvalue weighted by atomic mass is 35.6. The number of amides is 1. The predicted molar refractivity (Wildman–Crippen MR) is 102 cm³/mol. The van der Waals surface area contributed by atoms with Crippen LogP contribution in [0.25, 0.3) is 0 Å². The van der Waals surface area contributed by atoms with Gasteiger partial charge < -0.3 is 9.47 Å². The lowest BCUT2D eigenvalue weighted by molar-refractivity contribution is -0.148. The van der Waals surface area contributed by atoms with Crippen LogP contribution in [0.15, 0.2) is 23.4 Å². The molecule has 0 saturated heterocycles. The highest BCUT2D eigenvalue weighted by Crippen LogP contribution is 2.34. The first kappa shape index (κ1) is 21.4. The molecule has 1 heterocycles. The predicted octanol–water partition coefficient (Wildman–Crippen LogP) is 5.29. The maximum absolute atomic E-state index is 12.7. The summed E-state index contributed by atoms with van der Waals surface area (Å²) < 4.78 is 8.74.